The van der Waals surface area contributed by atoms with Gasteiger partial charge in [0.1, 0.15) is 0 Å². The Labute approximate surface area is 136 Å². The number of hydrogen-bond acceptors (Lipinski definition) is 4. The molecule has 0 bridgehead atoms. The molecule has 0 saturated carbocycles. The largest absolute Gasteiger partial charge is 0.466 e. The van der Waals surface area contributed by atoms with Crippen LogP contribution in [0.5, 0.6) is 0 Å². The number of aromatic nitrogens is 1. The van der Waals surface area contributed by atoms with Gasteiger partial charge in [-0.1, -0.05) is 6.07 Å². The summed E-state index contributed by atoms with van der Waals surface area (Å²) in [5.74, 6) is -0.258. The summed E-state index contributed by atoms with van der Waals surface area (Å²) in [5.41, 5.74) is -0.109. The van der Waals surface area contributed by atoms with Gasteiger partial charge in [0.05, 0.1) is 13.0 Å². The van der Waals surface area contributed by atoms with Gasteiger partial charge < -0.3 is 14.2 Å². The molecule has 2 heterocycles. The molecule has 1 saturated heterocycles. The van der Waals surface area contributed by atoms with E-state index in [4.69, 9.17) is 4.74 Å². The molecular formula is C17H24N2O4. The number of carbonyl (C=O) groups excluding carboxylic acids is 2. The number of esters is 1. The van der Waals surface area contributed by atoms with E-state index in [1.54, 1.807) is 30.2 Å². The number of carbonyl (C=O) groups is 2. The van der Waals surface area contributed by atoms with Gasteiger partial charge in [-0.05, 0) is 32.3 Å². The fourth-order valence-electron chi connectivity index (χ4n) is 2.96. The minimum atomic E-state index is -0.253. The number of likely N-dealkylation sites (tertiary alicyclic amines) is 1. The standard InChI is InChI=1S/C17H24N2O4/c1-2-23-17(22)13-14-7-3-6-11-19(14)16(21)9-12-18-10-5-4-8-15(18)20/h4-5,8,10,14H,2-3,6-7,9,11-13H2,1H3/t14-/m1/s1. The fraction of sp³-hybridized carbons (Fsp3) is 0.588. The van der Waals surface area contributed by atoms with Crippen LogP contribution in [0.3, 0.4) is 0 Å². The van der Waals surface area contributed by atoms with E-state index in [1.165, 1.54) is 10.6 Å². The summed E-state index contributed by atoms with van der Waals surface area (Å²) in [5, 5.41) is 0. The van der Waals surface area contributed by atoms with Crippen LogP contribution in [-0.2, 0) is 20.9 Å². The number of nitrogens with zero attached hydrogens (tertiary/aromatic N) is 2. The molecule has 1 amide bonds. The third-order valence-electron chi connectivity index (χ3n) is 4.12. The summed E-state index contributed by atoms with van der Waals surface area (Å²) in [6.07, 6.45) is 5.01. The molecule has 0 aromatic carbocycles. The first kappa shape index (κ1) is 17.2. The first-order valence-corrected chi connectivity index (χ1v) is 8.22. The van der Waals surface area contributed by atoms with E-state index < -0.39 is 0 Å². The lowest BCUT2D eigenvalue weighted by molar-refractivity contribution is -0.146. The van der Waals surface area contributed by atoms with E-state index in [0.717, 1.165) is 19.3 Å². The molecule has 0 N–H and O–H groups in total. The van der Waals surface area contributed by atoms with Gasteiger partial charge in [0, 0.05) is 37.8 Å². The van der Waals surface area contributed by atoms with E-state index in [0.29, 0.717) is 19.7 Å². The zero-order valence-corrected chi connectivity index (χ0v) is 13.6. The van der Waals surface area contributed by atoms with Crippen molar-refractivity contribution in [1.29, 1.82) is 0 Å². The SMILES string of the molecule is CCOC(=O)C[C@H]1CCCCN1C(=O)CCn1ccccc1=O. The molecule has 0 unspecified atom stereocenters. The Kier molecular flexibility index (Phi) is 6.38. The van der Waals surface area contributed by atoms with Crippen LogP contribution >= 0.6 is 0 Å². The Morgan fingerprint density at radius 3 is 2.87 bits per heavy atom. The van der Waals surface area contributed by atoms with Gasteiger partial charge in [-0.3, -0.25) is 14.4 Å². The lowest BCUT2D eigenvalue weighted by atomic mass is 9.99. The van der Waals surface area contributed by atoms with Crippen molar-refractivity contribution in [2.45, 2.75) is 51.6 Å². The highest BCUT2D eigenvalue weighted by Gasteiger charge is 2.28. The monoisotopic (exact) mass is 320 g/mol. The quantitative estimate of drug-likeness (QED) is 0.746. The summed E-state index contributed by atoms with van der Waals surface area (Å²) in [7, 11) is 0. The van der Waals surface area contributed by atoms with Gasteiger partial charge in [0.25, 0.3) is 5.56 Å². The van der Waals surface area contributed by atoms with Crippen molar-refractivity contribution in [2.75, 3.05) is 13.2 Å². The topological polar surface area (TPSA) is 68.6 Å². The van der Waals surface area contributed by atoms with Crippen molar-refractivity contribution in [2.24, 2.45) is 0 Å². The number of pyridine rings is 1. The Morgan fingerprint density at radius 1 is 1.30 bits per heavy atom. The van der Waals surface area contributed by atoms with Crippen LogP contribution in [0.15, 0.2) is 29.2 Å². The molecule has 0 spiro atoms. The molecule has 0 radical (unpaired) electrons. The molecular weight excluding hydrogens is 296 g/mol. The molecule has 1 aromatic rings. The zero-order valence-electron chi connectivity index (χ0n) is 13.6. The molecule has 1 fully saturated rings. The van der Waals surface area contributed by atoms with Gasteiger partial charge in [0.2, 0.25) is 5.91 Å². The molecule has 23 heavy (non-hydrogen) atoms. The summed E-state index contributed by atoms with van der Waals surface area (Å²) < 4.78 is 6.53. The number of amides is 1. The number of hydrogen-bond donors (Lipinski definition) is 0. The summed E-state index contributed by atoms with van der Waals surface area (Å²) in [6, 6.07) is 4.86. The number of piperidine rings is 1. The third-order valence-corrected chi connectivity index (χ3v) is 4.12. The third kappa shape index (κ3) is 4.94. The maximum atomic E-state index is 12.5. The second-order valence-electron chi connectivity index (χ2n) is 5.73. The van der Waals surface area contributed by atoms with Crippen LogP contribution in [0.1, 0.15) is 39.0 Å². The van der Waals surface area contributed by atoms with E-state index >= 15 is 0 Å². The maximum Gasteiger partial charge on any atom is 0.307 e. The Morgan fingerprint density at radius 2 is 2.13 bits per heavy atom. The van der Waals surface area contributed by atoms with Crippen LogP contribution in [0.2, 0.25) is 0 Å². The average Bonchev–Trinajstić information content (AvgIpc) is 2.54. The lowest BCUT2D eigenvalue weighted by Crippen LogP contribution is -2.45. The molecule has 126 valence electrons. The molecule has 1 aromatic heterocycles. The molecule has 1 aliphatic rings. The molecule has 6 heteroatoms. The molecule has 1 aliphatic heterocycles. The maximum absolute atomic E-state index is 12.5. The number of aryl methyl sites for hydroxylation is 1. The average molecular weight is 320 g/mol. The van der Waals surface area contributed by atoms with Gasteiger partial charge in [-0.25, -0.2) is 0 Å². The van der Waals surface area contributed by atoms with Crippen molar-refractivity contribution in [3.05, 3.63) is 34.7 Å². The van der Waals surface area contributed by atoms with Crippen LogP contribution < -0.4 is 5.56 Å². The van der Waals surface area contributed by atoms with Crippen molar-refractivity contribution >= 4 is 11.9 Å². The van der Waals surface area contributed by atoms with Crippen molar-refractivity contribution < 1.29 is 14.3 Å². The zero-order chi connectivity index (χ0) is 16.7. The second-order valence-corrected chi connectivity index (χ2v) is 5.73. The first-order valence-electron chi connectivity index (χ1n) is 8.22. The van der Waals surface area contributed by atoms with E-state index in [2.05, 4.69) is 0 Å². The fourth-order valence-corrected chi connectivity index (χ4v) is 2.96. The summed E-state index contributed by atoms with van der Waals surface area (Å²) in [4.78, 5) is 37.6. The molecule has 1 atom stereocenters. The first-order chi connectivity index (χ1) is 11.1. The number of ether oxygens (including phenoxy) is 1. The molecule has 0 aliphatic carbocycles. The molecule has 2 rings (SSSR count). The minimum absolute atomic E-state index is 0.00486. The van der Waals surface area contributed by atoms with E-state index in [1.807, 2.05) is 0 Å². The Hall–Kier alpha value is -2.11. The van der Waals surface area contributed by atoms with Crippen molar-refractivity contribution in [3.8, 4) is 0 Å². The highest BCUT2D eigenvalue weighted by atomic mass is 16.5. The highest BCUT2D eigenvalue weighted by molar-refractivity contribution is 5.78. The van der Waals surface area contributed by atoms with Crippen LogP contribution in [-0.4, -0.2) is 40.5 Å². The lowest BCUT2D eigenvalue weighted by Gasteiger charge is -2.35. The van der Waals surface area contributed by atoms with E-state index in [-0.39, 0.29) is 36.3 Å². The van der Waals surface area contributed by atoms with Crippen molar-refractivity contribution in [1.82, 2.24) is 9.47 Å². The van der Waals surface area contributed by atoms with Crippen LogP contribution in [0.25, 0.3) is 0 Å². The normalized spacial score (nSPS) is 17.8. The minimum Gasteiger partial charge on any atom is -0.466 e. The summed E-state index contributed by atoms with van der Waals surface area (Å²) in [6.45, 7) is 3.17. The predicted octanol–water partition coefficient (Wildman–Crippen LogP) is 1.57. The second kappa shape index (κ2) is 8.50. The van der Waals surface area contributed by atoms with Gasteiger partial charge >= 0.3 is 5.97 Å². The van der Waals surface area contributed by atoms with Crippen LogP contribution in [0.4, 0.5) is 0 Å². The summed E-state index contributed by atoms with van der Waals surface area (Å²) >= 11 is 0. The number of rotatable bonds is 6. The Bertz CT molecular complexity index is 596. The molecule has 6 nitrogen and oxygen atoms in total. The van der Waals surface area contributed by atoms with Gasteiger partial charge in [0.15, 0.2) is 0 Å². The highest BCUT2D eigenvalue weighted by Crippen LogP contribution is 2.21. The van der Waals surface area contributed by atoms with Gasteiger partial charge in [-0.2, -0.15) is 0 Å². The van der Waals surface area contributed by atoms with Crippen LogP contribution in [0, 0.1) is 0 Å². The Balaban J connectivity index is 1.94. The predicted molar refractivity (Wildman–Crippen MR) is 85.9 cm³/mol. The van der Waals surface area contributed by atoms with Crippen molar-refractivity contribution in [3.63, 3.8) is 0 Å². The smallest absolute Gasteiger partial charge is 0.307 e. The van der Waals surface area contributed by atoms with E-state index in [9.17, 15) is 14.4 Å². The van der Waals surface area contributed by atoms with Gasteiger partial charge in [-0.15, -0.1) is 0 Å².